The molecule has 3 nitrogen and oxygen atoms in total. The SMILES string of the molecule is CC(C)(C)OCCOCC1(CBr)CCOCC1. The van der Waals surface area contributed by atoms with Crippen LogP contribution in [0.3, 0.4) is 0 Å². The smallest absolute Gasteiger partial charge is 0.0707 e. The lowest BCUT2D eigenvalue weighted by atomic mass is 9.83. The third kappa shape index (κ3) is 6.18. The fourth-order valence-corrected chi connectivity index (χ4v) is 2.54. The first kappa shape index (κ1) is 15.4. The summed E-state index contributed by atoms with van der Waals surface area (Å²) in [7, 11) is 0. The van der Waals surface area contributed by atoms with Crippen LogP contribution in [0.5, 0.6) is 0 Å². The molecule has 0 saturated carbocycles. The van der Waals surface area contributed by atoms with Gasteiger partial charge in [0.1, 0.15) is 0 Å². The first-order chi connectivity index (χ1) is 7.97. The quantitative estimate of drug-likeness (QED) is 0.557. The van der Waals surface area contributed by atoms with Crippen molar-refractivity contribution in [1.82, 2.24) is 0 Å². The van der Waals surface area contributed by atoms with E-state index in [1.54, 1.807) is 0 Å². The summed E-state index contributed by atoms with van der Waals surface area (Å²) in [4.78, 5) is 0. The zero-order chi connectivity index (χ0) is 12.8. The summed E-state index contributed by atoms with van der Waals surface area (Å²) in [5.41, 5.74) is 0.190. The molecule has 0 N–H and O–H groups in total. The number of ether oxygens (including phenoxy) is 3. The standard InChI is InChI=1S/C13H25BrO3/c1-12(2,3)17-9-8-16-11-13(10-14)4-6-15-7-5-13/h4-11H2,1-3H3. The van der Waals surface area contributed by atoms with Gasteiger partial charge in [0, 0.05) is 24.0 Å². The third-order valence-electron chi connectivity index (χ3n) is 3.01. The zero-order valence-corrected chi connectivity index (χ0v) is 12.8. The summed E-state index contributed by atoms with van der Waals surface area (Å²) >= 11 is 3.60. The molecule has 0 aromatic rings. The highest BCUT2D eigenvalue weighted by atomic mass is 79.9. The molecule has 17 heavy (non-hydrogen) atoms. The van der Waals surface area contributed by atoms with E-state index in [-0.39, 0.29) is 11.0 Å². The minimum atomic E-state index is -0.0743. The van der Waals surface area contributed by atoms with Gasteiger partial charge in [0.15, 0.2) is 0 Å². The summed E-state index contributed by atoms with van der Waals surface area (Å²) in [5.74, 6) is 0. The van der Waals surface area contributed by atoms with Crippen molar-refractivity contribution in [2.75, 3.05) is 38.4 Å². The Balaban J connectivity index is 2.15. The number of alkyl halides is 1. The van der Waals surface area contributed by atoms with E-state index in [9.17, 15) is 0 Å². The lowest BCUT2D eigenvalue weighted by Gasteiger charge is -2.35. The maximum atomic E-state index is 5.75. The number of hydrogen-bond donors (Lipinski definition) is 0. The molecule has 1 aliphatic rings. The van der Waals surface area contributed by atoms with Crippen LogP contribution in [0.25, 0.3) is 0 Å². The summed E-state index contributed by atoms with van der Waals surface area (Å²) in [6.45, 7) is 10.0. The van der Waals surface area contributed by atoms with E-state index >= 15 is 0 Å². The van der Waals surface area contributed by atoms with E-state index in [1.807, 2.05) is 0 Å². The lowest BCUT2D eigenvalue weighted by molar-refractivity contribution is -0.0634. The Morgan fingerprint density at radius 1 is 1.18 bits per heavy atom. The maximum absolute atomic E-state index is 5.75. The molecule has 4 heteroatoms. The number of hydrogen-bond acceptors (Lipinski definition) is 3. The molecule has 0 radical (unpaired) electrons. The van der Waals surface area contributed by atoms with Crippen molar-refractivity contribution in [1.29, 1.82) is 0 Å². The highest BCUT2D eigenvalue weighted by Crippen LogP contribution is 2.32. The topological polar surface area (TPSA) is 27.7 Å². The number of rotatable bonds is 6. The Labute approximate surface area is 113 Å². The third-order valence-corrected chi connectivity index (χ3v) is 4.20. The normalized spacial score (nSPS) is 20.5. The molecule has 0 amide bonds. The molecule has 102 valence electrons. The summed E-state index contributed by atoms with van der Waals surface area (Å²) in [5, 5.41) is 0.990. The van der Waals surface area contributed by atoms with Crippen LogP contribution in [-0.2, 0) is 14.2 Å². The first-order valence-corrected chi connectivity index (χ1v) is 7.45. The van der Waals surface area contributed by atoms with Gasteiger partial charge in [0.2, 0.25) is 0 Å². The molecular formula is C13H25BrO3. The second-order valence-corrected chi connectivity index (χ2v) is 6.32. The highest BCUT2D eigenvalue weighted by Gasteiger charge is 2.31. The molecule has 1 heterocycles. The van der Waals surface area contributed by atoms with Crippen LogP contribution in [0.1, 0.15) is 33.6 Å². The van der Waals surface area contributed by atoms with Gasteiger partial charge in [-0.2, -0.15) is 0 Å². The van der Waals surface area contributed by atoms with E-state index in [4.69, 9.17) is 14.2 Å². The van der Waals surface area contributed by atoms with Crippen molar-refractivity contribution in [3.63, 3.8) is 0 Å². The lowest BCUT2D eigenvalue weighted by Crippen LogP contribution is -2.36. The molecule has 0 aromatic carbocycles. The van der Waals surface area contributed by atoms with Crippen LogP contribution in [0.15, 0.2) is 0 Å². The predicted octanol–water partition coefficient (Wildman–Crippen LogP) is 3.01. The van der Waals surface area contributed by atoms with Crippen molar-refractivity contribution < 1.29 is 14.2 Å². The second-order valence-electron chi connectivity index (χ2n) is 5.76. The molecule has 0 bridgehead atoms. The van der Waals surface area contributed by atoms with Gasteiger partial charge in [-0.1, -0.05) is 15.9 Å². The Hall–Kier alpha value is 0.360. The van der Waals surface area contributed by atoms with Gasteiger partial charge in [-0.05, 0) is 33.6 Å². The summed E-state index contributed by atoms with van der Waals surface area (Å²) in [6, 6.07) is 0. The highest BCUT2D eigenvalue weighted by molar-refractivity contribution is 9.09. The monoisotopic (exact) mass is 308 g/mol. The minimum absolute atomic E-state index is 0.0743. The van der Waals surface area contributed by atoms with E-state index in [1.165, 1.54) is 0 Å². The maximum Gasteiger partial charge on any atom is 0.0707 e. The molecule has 0 spiro atoms. The van der Waals surface area contributed by atoms with E-state index in [2.05, 4.69) is 36.7 Å². The Kier molecular flexibility index (Phi) is 6.41. The van der Waals surface area contributed by atoms with Gasteiger partial charge in [-0.25, -0.2) is 0 Å². The second kappa shape index (κ2) is 7.07. The van der Waals surface area contributed by atoms with Crippen molar-refractivity contribution in [3.8, 4) is 0 Å². The molecule has 0 aromatic heterocycles. The Morgan fingerprint density at radius 3 is 2.35 bits per heavy atom. The average Bonchev–Trinajstić information content (AvgIpc) is 2.28. The molecular weight excluding hydrogens is 284 g/mol. The van der Waals surface area contributed by atoms with Crippen LogP contribution in [0, 0.1) is 5.41 Å². The fourth-order valence-electron chi connectivity index (χ4n) is 1.82. The predicted molar refractivity (Wildman–Crippen MR) is 72.8 cm³/mol. The van der Waals surface area contributed by atoms with E-state index in [0.29, 0.717) is 13.2 Å². The van der Waals surface area contributed by atoms with E-state index in [0.717, 1.165) is 38.0 Å². The Bertz CT molecular complexity index is 207. The van der Waals surface area contributed by atoms with Gasteiger partial charge in [-0.15, -0.1) is 0 Å². The average molecular weight is 309 g/mol. The molecule has 0 unspecified atom stereocenters. The minimum Gasteiger partial charge on any atom is -0.381 e. The van der Waals surface area contributed by atoms with Gasteiger partial charge in [0.25, 0.3) is 0 Å². The van der Waals surface area contributed by atoms with Gasteiger partial charge in [-0.3, -0.25) is 0 Å². The van der Waals surface area contributed by atoms with Gasteiger partial charge < -0.3 is 14.2 Å². The van der Waals surface area contributed by atoms with Crippen LogP contribution in [0.2, 0.25) is 0 Å². The fraction of sp³-hybridized carbons (Fsp3) is 1.00. The largest absolute Gasteiger partial charge is 0.381 e. The van der Waals surface area contributed by atoms with Crippen LogP contribution < -0.4 is 0 Å². The number of halogens is 1. The molecule has 1 aliphatic heterocycles. The summed E-state index contributed by atoms with van der Waals surface area (Å²) < 4.78 is 16.8. The van der Waals surface area contributed by atoms with Crippen LogP contribution in [0.4, 0.5) is 0 Å². The van der Waals surface area contributed by atoms with Crippen molar-refractivity contribution in [2.45, 2.75) is 39.2 Å². The van der Waals surface area contributed by atoms with Gasteiger partial charge in [0.05, 0.1) is 25.4 Å². The van der Waals surface area contributed by atoms with Crippen LogP contribution in [-0.4, -0.2) is 44.0 Å². The zero-order valence-electron chi connectivity index (χ0n) is 11.3. The molecule has 0 atom stereocenters. The van der Waals surface area contributed by atoms with Crippen molar-refractivity contribution in [3.05, 3.63) is 0 Å². The van der Waals surface area contributed by atoms with Crippen LogP contribution >= 0.6 is 15.9 Å². The molecule has 1 fully saturated rings. The van der Waals surface area contributed by atoms with Crippen molar-refractivity contribution >= 4 is 15.9 Å². The molecule has 1 saturated heterocycles. The first-order valence-electron chi connectivity index (χ1n) is 6.33. The van der Waals surface area contributed by atoms with Crippen molar-refractivity contribution in [2.24, 2.45) is 5.41 Å². The molecule has 1 rings (SSSR count). The molecule has 0 aliphatic carbocycles. The Morgan fingerprint density at radius 2 is 1.82 bits per heavy atom. The summed E-state index contributed by atoms with van der Waals surface area (Å²) in [6.07, 6.45) is 2.16. The van der Waals surface area contributed by atoms with Gasteiger partial charge >= 0.3 is 0 Å². The van der Waals surface area contributed by atoms with E-state index < -0.39 is 0 Å².